The molecule has 0 radical (unpaired) electrons. The summed E-state index contributed by atoms with van der Waals surface area (Å²) in [6, 6.07) is 7.99. The monoisotopic (exact) mass is 449 g/mol. The van der Waals surface area contributed by atoms with Gasteiger partial charge < -0.3 is 4.74 Å². The number of carbonyl (C=O) groups excluding carboxylic acids is 1. The van der Waals surface area contributed by atoms with E-state index < -0.39 is 0 Å². The highest BCUT2D eigenvalue weighted by molar-refractivity contribution is 7.22. The smallest absolute Gasteiger partial charge is 0.280 e. The minimum absolute atomic E-state index is 0. The Morgan fingerprint density at radius 3 is 2.80 bits per heavy atom. The summed E-state index contributed by atoms with van der Waals surface area (Å²) in [5.41, 5.74) is 2.59. The Bertz CT molecular complexity index is 983. The molecule has 1 amide bonds. The molecule has 1 saturated heterocycles. The first-order chi connectivity index (χ1) is 14.1. The molecule has 1 aliphatic rings. The van der Waals surface area contributed by atoms with Crippen molar-refractivity contribution in [3.05, 3.63) is 41.7 Å². The highest BCUT2D eigenvalue weighted by Gasteiger charge is 2.23. The minimum Gasteiger partial charge on any atom is -0.379 e. The van der Waals surface area contributed by atoms with Crippen molar-refractivity contribution >= 4 is 45.0 Å². The zero-order valence-corrected chi connectivity index (χ0v) is 19.0. The first kappa shape index (κ1) is 22.7. The van der Waals surface area contributed by atoms with E-state index in [1.807, 2.05) is 19.2 Å². The van der Waals surface area contributed by atoms with Crippen LogP contribution in [0.15, 0.2) is 30.5 Å². The van der Waals surface area contributed by atoms with Gasteiger partial charge in [-0.3, -0.25) is 19.3 Å². The average molecular weight is 450 g/mol. The maximum atomic E-state index is 13.3. The van der Waals surface area contributed by atoms with Gasteiger partial charge in [0.05, 0.1) is 23.4 Å². The largest absolute Gasteiger partial charge is 0.379 e. The molecule has 0 atom stereocenters. The number of anilines is 1. The Hall–Kier alpha value is -2.00. The Labute approximate surface area is 187 Å². The molecule has 0 N–H and O–H groups in total. The Kier molecular flexibility index (Phi) is 7.82. The molecule has 1 aromatic carbocycles. The van der Waals surface area contributed by atoms with Crippen LogP contribution in [0.5, 0.6) is 0 Å². The highest BCUT2D eigenvalue weighted by Crippen LogP contribution is 2.30. The SMILES string of the molecule is CCn1ccc(C(=O)N(CCCN2CCOCC2)c2nc3ccc(C)cc3s2)n1.Cl. The first-order valence-electron chi connectivity index (χ1n) is 10.2. The standard InChI is InChI=1S/C21H27N5O2S.ClH/c1-3-25-10-7-18(23-25)20(27)26(9-4-8-24-11-13-28-14-12-24)21-22-17-6-5-16(2)15-19(17)29-21;/h5-7,10,15H,3-4,8-9,11-14H2,1-2H3;1H. The third-order valence-corrected chi connectivity index (χ3v) is 6.19. The topological polar surface area (TPSA) is 63.5 Å². The number of benzene rings is 1. The molecule has 30 heavy (non-hydrogen) atoms. The van der Waals surface area contributed by atoms with Crippen molar-refractivity contribution < 1.29 is 9.53 Å². The van der Waals surface area contributed by atoms with Crippen molar-refractivity contribution in [1.29, 1.82) is 0 Å². The summed E-state index contributed by atoms with van der Waals surface area (Å²) < 4.78 is 8.30. The zero-order valence-electron chi connectivity index (χ0n) is 17.4. The molecule has 7 nitrogen and oxygen atoms in total. The van der Waals surface area contributed by atoms with Gasteiger partial charge in [0.1, 0.15) is 0 Å². The number of carbonyl (C=O) groups is 1. The van der Waals surface area contributed by atoms with Gasteiger partial charge in [-0.1, -0.05) is 17.4 Å². The van der Waals surface area contributed by atoms with Crippen LogP contribution in [0.25, 0.3) is 10.2 Å². The molecule has 3 heterocycles. The highest BCUT2D eigenvalue weighted by atomic mass is 35.5. The van der Waals surface area contributed by atoms with Crippen LogP contribution in [0, 0.1) is 6.92 Å². The number of aryl methyl sites for hydroxylation is 2. The molecule has 0 aliphatic carbocycles. The summed E-state index contributed by atoms with van der Waals surface area (Å²) in [5.74, 6) is -0.0880. The number of rotatable bonds is 7. The predicted octanol–water partition coefficient (Wildman–Crippen LogP) is 3.61. The Balaban J connectivity index is 0.00000256. The molecular formula is C21H28ClN5O2S. The van der Waals surface area contributed by atoms with Gasteiger partial charge in [0, 0.05) is 38.9 Å². The third-order valence-electron chi connectivity index (χ3n) is 5.15. The number of amides is 1. The lowest BCUT2D eigenvalue weighted by molar-refractivity contribution is 0.0376. The maximum Gasteiger partial charge on any atom is 0.280 e. The van der Waals surface area contributed by atoms with Gasteiger partial charge >= 0.3 is 0 Å². The minimum atomic E-state index is -0.0880. The fraction of sp³-hybridized carbons (Fsp3) is 0.476. The molecule has 162 valence electrons. The number of ether oxygens (including phenoxy) is 1. The van der Waals surface area contributed by atoms with Crippen LogP contribution < -0.4 is 4.90 Å². The summed E-state index contributed by atoms with van der Waals surface area (Å²) in [6.45, 7) is 9.87. The first-order valence-corrected chi connectivity index (χ1v) is 11.0. The van der Waals surface area contributed by atoms with Crippen molar-refractivity contribution in [2.75, 3.05) is 44.3 Å². The van der Waals surface area contributed by atoms with Crippen LogP contribution >= 0.6 is 23.7 Å². The van der Waals surface area contributed by atoms with E-state index in [1.165, 1.54) is 5.56 Å². The quantitative estimate of drug-likeness (QED) is 0.551. The van der Waals surface area contributed by atoms with E-state index >= 15 is 0 Å². The van der Waals surface area contributed by atoms with Gasteiger partial charge in [-0.05, 0) is 44.0 Å². The summed E-state index contributed by atoms with van der Waals surface area (Å²) in [7, 11) is 0. The van der Waals surface area contributed by atoms with E-state index in [4.69, 9.17) is 9.72 Å². The number of nitrogens with zero attached hydrogens (tertiary/aromatic N) is 5. The number of fused-ring (bicyclic) bond motifs is 1. The van der Waals surface area contributed by atoms with Gasteiger partial charge in [-0.2, -0.15) is 5.10 Å². The molecule has 9 heteroatoms. The second-order valence-electron chi connectivity index (χ2n) is 7.29. The van der Waals surface area contributed by atoms with Gasteiger partial charge in [-0.25, -0.2) is 4.98 Å². The fourth-order valence-corrected chi connectivity index (χ4v) is 4.57. The Morgan fingerprint density at radius 2 is 2.07 bits per heavy atom. The van der Waals surface area contributed by atoms with Gasteiger partial charge in [0.25, 0.3) is 5.91 Å². The summed E-state index contributed by atoms with van der Waals surface area (Å²) in [5, 5.41) is 5.16. The van der Waals surface area contributed by atoms with E-state index in [0.717, 1.165) is 61.2 Å². The van der Waals surface area contributed by atoms with Gasteiger partial charge in [0.15, 0.2) is 10.8 Å². The zero-order chi connectivity index (χ0) is 20.2. The van der Waals surface area contributed by atoms with Crippen molar-refractivity contribution in [3.63, 3.8) is 0 Å². The van der Waals surface area contributed by atoms with Crippen LogP contribution in [0.2, 0.25) is 0 Å². The number of morpholine rings is 1. The van der Waals surface area contributed by atoms with Crippen molar-refractivity contribution in [2.24, 2.45) is 0 Å². The van der Waals surface area contributed by atoms with E-state index in [2.05, 4.69) is 29.1 Å². The molecule has 4 rings (SSSR count). The Morgan fingerprint density at radius 1 is 1.27 bits per heavy atom. The number of thiazole rings is 1. The molecule has 0 unspecified atom stereocenters. The van der Waals surface area contributed by atoms with Crippen LogP contribution in [0.3, 0.4) is 0 Å². The maximum absolute atomic E-state index is 13.3. The van der Waals surface area contributed by atoms with Crippen molar-refractivity contribution in [2.45, 2.75) is 26.8 Å². The summed E-state index contributed by atoms with van der Waals surface area (Å²) in [4.78, 5) is 22.2. The molecule has 0 spiro atoms. The van der Waals surface area contributed by atoms with Crippen LogP contribution in [0.4, 0.5) is 5.13 Å². The number of hydrogen-bond donors (Lipinski definition) is 0. The van der Waals surface area contributed by atoms with Gasteiger partial charge in [-0.15, -0.1) is 12.4 Å². The molecule has 1 aliphatic heterocycles. The lowest BCUT2D eigenvalue weighted by atomic mass is 10.2. The number of aromatic nitrogens is 3. The number of halogens is 1. The van der Waals surface area contributed by atoms with E-state index in [9.17, 15) is 4.79 Å². The molecular weight excluding hydrogens is 422 g/mol. The van der Waals surface area contributed by atoms with E-state index in [-0.39, 0.29) is 18.3 Å². The van der Waals surface area contributed by atoms with Crippen LogP contribution in [0.1, 0.15) is 29.4 Å². The summed E-state index contributed by atoms with van der Waals surface area (Å²) in [6.07, 6.45) is 2.73. The van der Waals surface area contributed by atoms with Crippen LogP contribution in [-0.2, 0) is 11.3 Å². The third kappa shape index (κ3) is 5.18. The average Bonchev–Trinajstić information content (AvgIpc) is 3.38. The van der Waals surface area contributed by atoms with E-state index in [1.54, 1.807) is 27.0 Å². The molecule has 2 aromatic heterocycles. The lowest BCUT2D eigenvalue weighted by Crippen LogP contribution is -2.39. The summed E-state index contributed by atoms with van der Waals surface area (Å²) >= 11 is 1.57. The fourth-order valence-electron chi connectivity index (χ4n) is 3.49. The van der Waals surface area contributed by atoms with Gasteiger partial charge in [0.2, 0.25) is 0 Å². The molecule has 1 fully saturated rings. The second kappa shape index (κ2) is 10.3. The normalized spacial score (nSPS) is 14.6. The molecule has 3 aromatic rings. The van der Waals surface area contributed by atoms with Crippen molar-refractivity contribution in [1.82, 2.24) is 19.7 Å². The second-order valence-corrected chi connectivity index (χ2v) is 8.30. The number of hydrogen-bond acceptors (Lipinski definition) is 6. The molecule has 0 saturated carbocycles. The lowest BCUT2D eigenvalue weighted by Gasteiger charge is -2.27. The van der Waals surface area contributed by atoms with E-state index in [0.29, 0.717) is 12.2 Å². The molecule has 0 bridgehead atoms. The van der Waals surface area contributed by atoms with Crippen molar-refractivity contribution in [3.8, 4) is 0 Å². The predicted molar refractivity (Wildman–Crippen MR) is 123 cm³/mol. The van der Waals surface area contributed by atoms with Crippen LogP contribution in [-0.4, -0.2) is 65.0 Å².